The number of hydrogen-bond acceptors (Lipinski definition) is 5. The van der Waals surface area contributed by atoms with Crippen LogP contribution in [0.3, 0.4) is 0 Å². The number of piperazine rings is 1. The lowest BCUT2D eigenvalue weighted by atomic mass is 9.78. The van der Waals surface area contributed by atoms with Gasteiger partial charge in [0, 0.05) is 42.2 Å². The Hall–Kier alpha value is -1.44. The summed E-state index contributed by atoms with van der Waals surface area (Å²) in [5, 5.41) is 0.168. The van der Waals surface area contributed by atoms with Crippen molar-refractivity contribution in [3.8, 4) is 0 Å². The molecular formula is C21H32BClN2O4. The van der Waals surface area contributed by atoms with E-state index < -0.39 is 56.0 Å². The first-order chi connectivity index (χ1) is 16.3. The Labute approximate surface area is 190 Å². The molecule has 2 heterocycles. The summed E-state index contributed by atoms with van der Waals surface area (Å²) < 4.78 is 85.7. The molecule has 2 aliphatic heterocycles. The summed E-state index contributed by atoms with van der Waals surface area (Å²) in [6.45, 7) is -1.62. The van der Waals surface area contributed by atoms with Crippen LogP contribution in [0, 0.1) is 0 Å². The topological polar surface area (TPSA) is 51.2 Å². The molecule has 29 heavy (non-hydrogen) atoms. The highest BCUT2D eigenvalue weighted by Crippen LogP contribution is 2.37. The standard InChI is InChI=1S/C21H32BClN2O4/c1-19(2,3)27-18(26)25-12-10-24(11-13-25)15-8-9-17(23)16(14-15)22-28-20(4,5)21(6,7)29-22/h8-9,14H,10-13H2,1-7H3/i10D2,11D2,12D2,13D2. The van der Waals surface area contributed by atoms with Crippen LogP contribution in [0.4, 0.5) is 10.5 Å². The molecule has 3 rings (SSSR count). The van der Waals surface area contributed by atoms with Gasteiger partial charge in [0.05, 0.1) is 22.2 Å². The van der Waals surface area contributed by atoms with Crippen LogP contribution in [0.1, 0.15) is 59.4 Å². The molecule has 2 fully saturated rings. The molecule has 0 atom stereocenters. The predicted octanol–water partition coefficient (Wildman–Crippen LogP) is 3.70. The van der Waals surface area contributed by atoms with E-state index in [1.807, 2.05) is 27.7 Å². The first kappa shape index (κ1) is 13.8. The molecular weight excluding hydrogens is 391 g/mol. The number of carbonyl (C=O) groups excluding carboxylic acids is 1. The summed E-state index contributed by atoms with van der Waals surface area (Å²) in [4.78, 5) is 13.1. The highest BCUT2D eigenvalue weighted by Gasteiger charge is 2.52. The third-order valence-corrected chi connectivity index (χ3v) is 5.21. The molecule has 1 amide bonds. The van der Waals surface area contributed by atoms with Crippen LogP contribution in [0.2, 0.25) is 5.02 Å². The second-order valence-corrected chi connectivity index (χ2v) is 9.30. The van der Waals surface area contributed by atoms with Gasteiger partial charge in [0.2, 0.25) is 0 Å². The van der Waals surface area contributed by atoms with Gasteiger partial charge in [-0.25, -0.2) is 4.79 Å². The SMILES string of the molecule is [2H]C1([2H])N(C(=O)OC(C)(C)C)C([2H])([2H])C([2H])([2H])N(c2ccc(Cl)c(B3OC(C)(C)C(C)(C)O3)c2)C1([2H])[2H]. The number of ether oxygens (including phenoxy) is 1. The summed E-state index contributed by atoms with van der Waals surface area (Å²) in [6.07, 6.45) is -1.54. The van der Waals surface area contributed by atoms with Crippen molar-refractivity contribution in [2.45, 2.75) is 65.3 Å². The van der Waals surface area contributed by atoms with Gasteiger partial charge in [-0.15, -0.1) is 0 Å². The lowest BCUT2D eigenvalue weighted by Crippen LogP contribution is -2.50. The minimum Gasteiger partial charge on any atom is -0.444 e. The number of rotatable bonds is 2. The van der Waals surface area contributed by atoms with Crippen molar-refractivity contribution in [3.63, 3.8) is 0 Å². The van der Waals surface area contributed by atoms with Gasteiger partial charge in [0.1, 0.15) is 5.60 Å². The maximum absolute atomic E-state index is 12.9. The third kappa shape index (κ3) is 4.84. The van der Waals surface area contributed by atoms with E-state index in [4.69, 9.17) is 36.6 Å². The molecule has 0 aromatic heterocycles. The van der Waals surface area contributed by atoms with Crippen molar-refractivity contribution < 1.29 is 29.8 Å². The highest BCUT2D eigenvalue weighted by molar-refractivity contribution is 6.65. The molecule has 0 unspecified atom stereocenters. The van der Waals surface area contributed by atoms with Crippen molar-refractivity contribution in [2.75, 3.05) is 30.9 Å². The number of benzene rings is 1. The largest absolute Gasteiger partial charge is 0.496 e. The fourth-order valence-corrected chi connectivity index (χ4v) is 2.81. The molecule has 0 bridgehead atoms. The van der Waals surface area contributed by atoms with E-state index >= 15 is 0 Å². The molecule has 0 spiro atoms. The molecule has 160 valence electrons. The van der Waals surface area contributed by atoms with E-state index in [2.05, 4.69) is 0 Å². The molecule has 2 aliphatic rings. The van der Waals surface area contributed by atoms with Crippen LogP contribution in [0.5, 0.6) is 0 Å². The number of nitrogens with zero attached hydrogens (tertiary/aromatic N) is 2. The zero-order chi connectivity index (χ0) is 28.8. The summed E-state index contributed by atoms with van der Waals surface area (Å²) in [6, 6.07) is 3.85. The quantitative estimate of drug-likeness (QED) is 0.670. The van der Waals surface area contributed by atoms with Crippen LogP contribution < -0.4 is 10.4 Å². The van der Waals surface area contributed by atoms with E-state index in [9.17, 15) is 4.79 Å². The molecule has 1 aromatic rings. The maximum atomic E-state index is 12.9. The maximum Gasteiger partial charge on any atom is 0.496 e. The monoisotopic (exact) mass is 430 g/mol. The van der Waals surface area contributed by atoms with Gasteiger partial charge in [-0.2, -0.15) is 0 Å². The van der Waals surface area contributed by atoms with Crippen LogP contribution >= 0.6 is 11.6 Å². The molecule has 0 N–H and O–H groups in total. The van der Waals surface area contributed by atoms with Crippen molar-refractivity contribution >= 4 is 36.0 Å². The molecule has 1 aromatic carbocycles. The first-order valence-electron chi connectivity index (χ1n) is 13.3. The Bertz CT molecular complexity index is 1050. The zero-order valence-corrected chi connectivity index (χ0v) is 18.5. The van der Waals surface area contributed by atoms with E-state index in [-0.39, 0.29) is 21.1 Å². The number of anilines is 1. The van der Waals surface area contributed by atoms with Crippen molar-refractivity contribution in [2.24, 2.45) is 0 Å². The van der Waals surface area contributed by atoms with Crippen LogP contribution in [-0.2, 0) is 14.0 Å². The molecule has 2 saturated heterocycles. The van der Waals surface area contributed by atoms with Gasteiger partial charge in [0.15, 0.2) is 0 Å². The summed E-state index contributed by atoms with van der Waals surface area (Å²) in [7, 11) is -1.01. The van der Waals surface area contributed by atoms with Gasteiger partial charge in [-0.1, -0.05) is 11.6 Å². The molecule has 0 saturated carbocycles. The van der Waals surface area contributed by atoms with Crippen LogP contribution in [0.15, 0.2) is 18.2 Å². The van der Waals surface area contributed by atoms with E-state index in [1.165, 1.54) is 39.0 Å². The lowest BCUT2D eigenvalue weighted by molar-refractivity contribution is 0.00578. The second-order valence-electron chi connectivity index (χ2n) is 8.89. The van der Waals surface area contributed by atoms with E-state index in [0.29, 0.717) is 4.90 Å². The Morgan fingerprint density at radius 3 is 2.21 bits per heavy atom. The minimum atomic E-state index is -3.38. The van der Waals surface area contributed by atoms with Crippen molar-refractivity contribution in [1.82, 2.24) is 4.90 Å². The smallest absolute Gasteiger partial charge is 0.444 e. The van der Waals surface area contributed by atoms with E-state index in [0.717, 1.165) is 0 Å². The molecule has 6 nitrogen and oxygen atoms in total. The second kappa shape index (κ2) is 7.67. The number of amides is 1. The molecule has 8 heteroatoms. The van der Waals surface area contributed by atoms with E-state index in [1.54, 1.807) is 0 Å². The predicted molar refractivity (Wildman–Crippen MR) is 117 cm³/mol. The lowest BCUT2D eigenvalue weighted by Gasteiger charge is -2.37. The average Bonchev–Trinajstić information content (AvgIpc) is 2.87. The van der Waals surface area contributed by atoms with Gasteiger partial charge >= 0.3 is 13.2 Å². The first-order valence-corrected chi connectivity index (χ1v) is 9.68. The Morgan fingerprint density at radius 2 is 1.69 bits per heavy atom. The average molecular weight is 431 g/mol. The Balaban J connectivity index is 2.16. The van der Waals surface area contributed by atoms with Gasteiger partial charge in [0.25, 0.3) is 0 Å². The Kier molecular flexibility index (Phi) is 3.65. The fourth-order valence-electron chi connectivity index (χ4n) is 2.60. The zero-order valence-electron chi connectivity index (χ0n) is 25.7. The third-order valence-electron chi connectivity index (χ3n) is 4.87. The number of halogens is 1. The number of carbonyl (C=O) groups is 1. The van der Waals surface area contributed by atoms with Gasteiger partial charge in [-0.05, 0) is 66.7 Å². The van der Waals surface area contributed by atoms with Gasteiger partial charge < -0.3 is 23.8 Å². The van der Waals surface area contributed by atoms with Gasteiger partial charge in [-0.3, -0.25) is 0 Å². The van der Waals surface area contributed by atoms with Crippen LogP contribution in [0.25, 0.3) is 0 Å². The normalized spacial score (nSPS) is 32.5. The molecule has 0 aliphatic carbocycles. The minimum absolute atomic E-state index is 0.146. The fraction of sp³-hybridized carbons (Fsp3) is 0.667. The number of hydrogen-bond donors (Lipinski definition) is 0. The van der Waals surface area contributed by atoms with Crippen molar-refractivity contribution in [1.29, 1.82) is 0 Å². The summed E-state index contributed by atoms with van der Waals surface area (Å²) in [5.74, 6) is 0. The summed E-state index contributed by atoms with van der Waals surface area (Å²) in [5.41, 5.74) is -2.67. The van der Waals surface area contributed by atoms with Crippen molar-refractivity contribution in [3.05, 3.63) is 23.2 Å². The molecule has 0 radical (unpaired) electrons. The van der Waals surface area contributed by atoms with Crippen LogP contribution in [-0.4, -0.2) is 60.9 Å². The highest BCUT2D eigenvalue weighted by atomic mass is 35.5. The summed E-state index contributed by atoms with van der Waals surface area (Å²) >= 11 is 6.40. The Morgan fingerprint density at radius 1 is 1.14 bits per heavy atom.